The van der Waals surface area contributed by atoms with Gasteiger partial charge in [0.25, 0.3) is 0 Å². The van der Waals surface area contributed by atoms with Crippen LogP contribution in [0.3, 0.4) is 0 Å². The van der Waals surface area contributed by atoms with Gasteiger partial charge in [-0.25, -0.2) is 4.79 Å². The number of ether oxygens (including phenoxy) is 1. The average molecular weight is 527 g/mol. The van der Waals surface area contributed by atoms with Gasteiger partial charge in [0, 0.05) is 5.56 Å². The van der Waals surface area contributed by atoms with Crippen LogP contribution in [0.25, 0.3) is 32.7 Å². The van der Waals surface area contributed by atoms with Crippen LogP contribution in [0.1, 0.15) is 53.8 Å². The van der Waals surface area contributed by atoms with Gasteiger partial charge in [0.05, 0.1) is 5.56 Å². The minimum Gasteiger partial charge on any atom is -0.444 e. The zero-order chi connectivity index (χ0) is 27.4. The Bertz CT molecular complexity index is 1530. The number of fused-ring (bicyclic) bond motifs is 2. The predicted octanol–water partition coefficient (Wildman–Crippen LogP) is 9.85. The fourth-order valence-corrected chi connectivity index (χ4v) is 5.04. The molecule has 0 radical (unpaired) electrons. The van der Waals surface area contributed by atoms with Gasteiger partial charge in [0.15, 0.2) is 0 Å². The molecule has 5 aromatic carbocycles. The van der Waals surface area contributed by atoms with E-state index in [9.17, 15) is 18.0 Å². The Morgan fingerprint density at radius 1 is 0.744 bits per heavy atom. The summed E-state index contributed by atoms with van der Waals surface area (Å²) >= 11 is 0. The molecule has 0 aliphatic heterocycles. The molecule has 1 unspecified atom stereocenters. The molecule has 0 saturated carbocycles. The lowest BCUT2D eigenvalue weighted by atomic mass is 9.93. The summed E-state index contributed by atoms with van der Waals surface area (Å²) in [5.41, 5.74) is 3.13. The van der Waals surface area contributed by atoms with Crippen molar-refractivity contribution in [1.82, 2.24) is 0 Å². The van der Waals surface area contributed by atoms with Crippen LogP contribution in [0.2, 0.25) is 0 Å². The van der Waals surface area contributed by atoms with Gasteiger partial charge >= 0.3 is 12.1 Å². The molecule has 0 fully saturated rings. The van der Waals surface area contributed by atoms with Crippen molar-refractivity contribution in [3.63, 3.8) is 0 Å². The van der Waals surface area contributed by atoms with E-state index in [2.05, 4.69) is 19.1 Å². The van der Waals surface area contributed by atoms with Crippen LogP contribution < -0.4 is 0 Å². The monoisotopic (exact) mass is 526 g/mol. The average Bonchev–Trinajstić information content (AvgIpc) is 2.95. The van der Waals surface area contributed by atoms with E-state index in [0.29, 0.717) is 21.5 Å². The minimum atomic E-state index is -4.80. The number of alkyl halides is 3. The summed E-state index contributed by atoms with van der Waals surface area (Å²) in [5.74, 6) is -1.02. The number of carbonyl (C=O) groups is 1. The maximum absolute atomic E-state index is 14.5. The molecular formula is C34H29F3O2. The molecule has 39 heavy (non-hydrogen) atoms. The predicted molar refractivity (Wildman–Crippen MR) is 151 cm³/mol. The van der Waals surface area contributed by atoms with Gasteiger partial charge < -0.3 is 4.74 Å². The van der Waals surface area contributed by atoms with E-state index in [1.165, 1.54) is 30.5 Å². The van der Waals surface area contributed by atoms with Crippen LogP contribution in [-0.4, -0.2) is 12.1 Å². The van der Waals surface area contributed by atoms with Crippen molar-refractivity contribution >= 4 is 27.5 Å². The Hall–Kier alpha value is -4.12. The van der Waals surface area contributed by atoms with Crippen LogP contribution in [0, 0.1) is 0 Å². The molecule has 0 bridgehead atoms. The van der Waals surface area contributed by atoms with E-state index in [4.69, 9.17) is 4.74 Å². The second-order valence-electron chi connectivity index (χ2n) is 9.79. The first-order valence-electron chi connectivity index (χ1n) is 13.2. The summed E-state index contributed by atoms with van der Waals surface area (Å²) in [5, 5.41) is 2.11. The van der Waals surface area contributed by atoms with Crippen molar-refractivity contribution in [3.8, 4) is 11.1 Å². The van der Waals surface area contributed by atoms with Crippen LogP contribution >= 0.6 is 0 Å². The molecule has 0 N–H and O–H groups in total. The molecule has 0 heterocycles. The highest BCUT2D eigenvalue weighted by Crippen LogP contribution is 2.43. The molecule has 198 valence electrons. The van der Waals surface area contributed by atoms with Gasteiger partial charge in [0.1, 0.15) is 0 Å². The molecule has 0 amide bonds. The smallest absolute Gasteiger partial charge is 0.429 e. The summed E-state index contributed by atoms with van der Waals surface area (Å²) in [6.45, 7) is 2.18. The summed E-state index contributed by atoms with van der Waals surface area (Å²) in [6, 6.07) is 30.3. The molecule has 0 spiro atoms. The number of carbonyl (C=O) groups excluding carboxylic acids is 1. The number of aryl methyl sites for hydroxylation is 1. The van der Waals surface area contributed by atoms with Gasteiger partial charge in [0.2, 0.25) is 6.10 Å². The van der Waals surface area contributed by atoms with Crippen LogP contribution in [-0.2, 0) is 11.2 Å². The topological polar surface area (TPSA) is 26.3 Å². The van der Waals surface area contributed by atoms with Crippen molar-refractivity contribution < 1.29 is 22.7 Å². The van der Waals surface area contributed by atoms with Gasteiger partial charge in [-0.05, 0) is 69.3 Å². The third-order valence-electron chi connectivity index (χ3n) is 7.07. The van der Waals surface area contributed by atoms with Crippen molar-refractivity contribution in [2.75, 3.05) is 0 Å². The van der Waals surface area contributed by atoms with Gasteiger partial charge in [-0.1, -0.05) is 105 Å². The highest BCUT2D eigenvalue weighted by molar-refractivity contribution is 6.03. The molecule has 0 aliphatic rings. The van der Waals surface area contributed by atoms with Crippen molar-refractivity contribution in [2.45, 2.75) is 44.9 Å². The number of esters is 1. The van der Waals surface area contributed by atoms with Gasteiger partial charge in [-0.2, -0.15) is 13.2 Å². The molecule has 5 rings (SSSR count). The lowest BCUT2D eigenvalue weighted by molar-refractivity contribution is -0.206. The zero-order valence-electron chi connectivity index (χ0n) is 21.7. The summed E-state index contributed by atoms with van der Waals surface area (Å²) < 4.78 is 48.7. The van der Waals surface area contributed by atoms with E-state index in [0.717, 1.165) is 24.0 Å². The fourth-order valence-electron chi connectivity index (χ4n) is 5.04. The van der Waals surface area contributed by atoms with E-state index in [1.54, 1.807) is 60.7 Å². The molecule has 2 nitrogen and oxygen atoms in total. The Morgan fingerprint density at radius 2 is 1.28 bits per heavy atom. The van der Waals surface area contributed by atoms with E-state index in [-0.39, 0.29) is 11.1 Å². The summed E-state index contributed by atoms with van der Waals surface area (Å²) in [7, 11) is 0. The normalized spacial score (nSPS) is 12.5. The second-order valence-corrected chi connectivity index (χ2v) is 9.79. The number of benzene rings is 5. The van der Waals surface area contributed by atoms with Gasteiger partial charge in [-0.15, -0.1) is 0 Å². The first-order chi connectivity index (χ1) is 18.8. The van der Waals surface area contributed by atoms with Crippen molar-refractivity contribution in [2.24, 2.45) is 0 Å². The van der Waals surface area contributed by atoms with Gasteiger partial charge in [-0.3, -0.25) is 0 Å². The molecular weight excluding hydrogens is 497 g/mol. The number of hydrogen-bond donors (Lipinski definition) is 0. The van der Waals surface area contributed by atoms with E-state index >= 15 is 0 Å². The number of hydrogen-bond acceptors (Lipinski definition) is 2. The van der Waals surface area contributed by atoms with Crippen LogP contribution in [0.5, 0.6) is 0 Å². The quantitative estimate of drug-likeness (QED) is 0.114. The summed E-state index contributed by atoms with van der Waals surface area (Å²) in [6.07, 6.45) is -2.66. The minimum absolute atomic E-state index is 0.0554. The molecule has 1 atom stereocenters. The largest absolute Gasteiger partial charge is 0.444 e. The molecule has 0 aliphatic carbocycles. The molecule has 5 aromatic rings. The third kappa shape index (κ3) is 5.83. The van der Waals surface area contributed by atoms with Crippen LogP contribution in [0.15, 0.2) is 103 Å². The first-order valence-corrected chi connectivity index (χ1v) is 13.2. The summed E-state index contributed by atoms with van der Waals surface area (Å²) in [4.78, 5) is 13.0. The van der Waals surface area contributed by atoms with Crippen molar-refractivity contribution in [3.05, 3.63) is 120 Å². The number of rotatable bonds is 8. The Kier molecular flexibility index (Phi) is 7.69. The highest BCUT2D eigenvalue weighted by atomic mass is 19.4. The second kappa shape index (κ2) is 11.3. The van der Waals surface area contributed by atoms with Crippen LogP contribution in [0.4, 0.5) is 13.2 Å². The molecule has 0 aromatic heterocycles. The first kappa shape index (κ1) is 26.5. The van der Waals surface area contributed by atoms with E-state index in [1.807, 2.05) is 18.2 Å². The zero-order valence-corrected chi connectivity index (χ0v) is 21.7. The Labute approximate surface area is 226 Å². The standard InChI is InChI=1S/C34H29F3O2/c1-2-3-4-9-23-14-16-24(17-15-23)25-18-20-26(21-19-25)33(38)39-32(34(35,36)37)31-29-12-7-5-10-27(29)22-28-11-6-8-13-30(28)31/h5-8,10-22,32H,2-4,9H2,1H3. The number of halogens is 3. The van der Waals surface area contributed by atoms with E-state index < -0.39 is 18.2 Å². The Balaban J connectivity index is 1.42. The lowest BCUT2D eigenvalue weighted by Crippen LogP contribution is -2.26. The lowest BCUT2D eigenvalue weighted by Gasteiger charge is -2.24. The molecule has 0 saturated heterocycles. The number of unbranched alkanes of at least 4 members (excludes halogenated alkanes) is 2. The maximum Gasteiger partial charge on any atom is 0.429 e. The third-order valence-corrected chi connectivity index (χ3v) is 7.07. The fraction of sp³-hybridized carbons (Fsp3) is 0.206. The maximum atomic E-state index is 14.5. The molecule has 5 heteroatoms. The van der Waals surface area contributed by atoms with Crippen molar-refractivity contribution in [1.29, 1.82) is 0 Å². The SMILES string of the molecule is CCCCCc1ccc(-c2ccc(C(=O)OC(c3c4ccccc4cc4ccccc34)C(F)(F)F)cc2)cc1. The Morgan fingerprint density at radius 3 is 1.82 bits per heavy atom. The highest BCUT2D eigenvalue weighted by Gasteiger charge is 2.45.